The highest BCUT2D eigenvalue weighted by atomic mass is 32.2. The number of carboxylic acid groups (broad SMARTS) is 1. The molecule has 0 unspecified atom stereocenters. The van der Waals surface area contributed by atoms with Gasteiger partial charge in [0, 0.05) is 6.26 Å². The van der Waals surface area contributed by atoms with E-state index in [0.29, 0.717) is 5.56 Å². The molecular weight excluding hydrogens is 455 g/mol. The predicted molar refractivity (Wildman–Crippen MR) is 107 cm³/mol. The van der Waals surface area contributed by atoms with Crippen molar-refractivity contribution in [3.05, 3.63) is 59.5 Å². The molecule has 1 heterocycles. The van der Waals surface area contributed by atoms with Gasteiger partial charge in [0.1, 0.15) is 15.0 Å². The first-order valence-corrected chi connectivity index (χ1v) is 12.4. The van der Waals surface area contributed by atoms with Gasteiger partial charge < -0.3 is 10.4 Å². The number of rotatable bonds is 6. The fraction of sp³-hybridized carbons (Fsp3) is 0.111. The Kier molecular flexibility index (Phi) is 5.92. The molecule has 158 valence electrons. The second-order valence-electron chi connectivity index (χ2n) is 6.21. The fourth-order valence-corrected chi connectivity index (χ4v) is 5.87. The molecule has 0 aliphatic rings. The minimum atomic E-state index is -4.14. The topological polar surface area (TPSA) is 130 Å². The number of thiazole rings is 1. The quantitative estimate of drug-likeness (QED) is 0.566. The van der Waals surface area contributed by atoms with Crippen molar-refractivity contribution < 1.29 is 31.1 Å². The molecule has 0 saturated carbocycles. The Morgan fingerprint density at radius 1 is 1.07 bits per heavy atom. The van der Waals surface area contributed by atoms with E-state index in [1.807, 2.05) is 0 Å². The monoisotopic (exact) mass is 470 g/mol. The summed E-state index contributed by atoms with van der Waals surface area (Å²) in [7, 11) is -7.88. The second kappa shape index (κ2) is 8.13. The third kappa shape index (κ3) is 4.83. The van der Waals surface area contributed by atoms with Crippen molar-refractivity contribution in [2.24, 2.45) is 0 Å². The van der Waals surface area contributed by atoms with Crippen LogP contribution in [0.25, 0.3) is 11.1 Å². The van der Waals surface area contributed by atoms with Gasteiger partial charge >= 0.3 is 6.09 Å². The standard InChI is InChI=1S/C18H15FN2O6S3/c1-29(24,25)14-6-12(11-2-4-13(19)5-3-11)7-15(8-14)30(26,27)17-10-20-16(28-17)9-21-18(22)23/h2-8,10,21H,9H2,1H3,(H,22,23). The summed E-state index contributed by atoms with van der Waals surface area (Å²) in [4.78, 5) is 14.0. The van der Waals surface area contributed by atoms with E-state index in [4.69, 9.17) is 5.11 Å². The van der Waals surface area contributed by atoms with Crippen LogP contribution in [0.3, 0.4) is 0 Å². The fourth-order valence-electron chi connectivity index (χ4n) is 2.52. The number of aromatic nitrogens is 1. The summed E-state index contributed by atoms with van der Waals surface area (Å²) in [6, 6.07) is 8.85. The highest BCUT2D eigenvalue weighted by Crippen LogP contribution is 2.32. The minimum absolute atomic E-state index is 0.166. The van der Waals surface area contributed by atoms with Crippen molar-refractivity contribution in [2.75, 3.05) is 6.26 Å². The molecule has 0 aliphatic carbocycles. The number of sulfone groups is 2. The molecule has 0 bridgehead atoms. The smallest absolute Gasteiger partial charge is 0.405 e. The van der Waals surface area contributed by atoms with E-state index in [0.717, 1.165) is 29.9 Å². The maximum atomic E-state index is 13.2. The van der Waals surface area contributed by atoms with Crippen LogP contribution in [0.1, 0.15) is 5.01 Å². The average Bonchev–Trinajstić information content (AvgIpc) is 3.16. The van der Waals surface area contributed by atoms with Crippen molar-refractivity contribution >= 4 is 37.1 Å². The first-order chi connectivity index (χ1) is 14.0. The molecule has 0 spiro atoms. The SMILES string of the molecule is CS(=O)(=O)c1cc(-c2ccc(F)cc2)cc(S(=O)(=O)c2cnc(CNC(=O)O)s2)c1. The van der Waals surface area contributed by atoms with Gasteiger partial charge in [0.2, 0.25) is 9.84 Å². The number of hydrogen-bond acceptors (Lipinski definition) is 7. The minimum Gasteiger partial charge on any atom is -0.465 e. The Hall–Kier alpha value is -2.83. The zero-order valence-electron chi connectivity index (χ0n) is 15.4. The van der Waals surface area contributed by atoms with E-state index in [1.165, 1.54) is 36.4 Å². The van der Waals surface area contributed by atoms with Crippen molar-refractivity contribution in [1.29, 1.82) is 0 Å². The van der Waals surface area contributed by atoms with Crippen LogP contribution < -0.4 is 5.32 Å². The highest BCUT2D eigenvalue weighted by molar-refractivity contribution is 7.93. The van der Waals surface area contributed by atoms with Gasteiger partial charge in [-0.1, -0.05) is 12.1 Å². The molecular formula is C18H15FN2O6S3. The summed E-state index contributed by atoms with van der Waals surface area (Å²) in [5.74, 6) is -0.488. The van der Waals surface area contributed by atoms with E-state index in [2.05, 4.69) is 10.3 Å². The Morgan fingerprint density at radius 2 is 1.70 bits per heavy atom. The molecule has 1 amide bonds. The molecule has 0 saturated heterocycles. The lowest BCUT2D eigenvalue weighted by atomic mass is 10.1. The lowest BCUT2D eigenvalue weighted by Crippen LogP contribution is -2.19. The van der Waals surface area contributed by atoms with Crippen molar-refractivity contribution in [3.63, 3.8) is 0 Å². The number of nitrogens with zero attached hydrogens (tertiary/aromatic N) is 1. The van der Waals surface area contributed by atoms with Crippen LogP contribution in [-0.2, 0) is 26.2 Å². The Labute approximate surface area is 175 Å². The van der Waals surface area contributed by atoms with Gasteiger partial charge in [-0.25, -0.2) is 31.0 Å². The zero-order chi connectivity index (χ0) is 22.1. The lowest BCUT2D eigenvalue weighted by Gasteiger charge is -2.09. The molecule has 0 aliphatic heterocycles. The van der Waals surface area contributed by atoms with Crippen LogP contribution >= 0.6 is 11.3 Å². The normalized spacial score (nSPS) is 11.9. The van der Waals surface area contributed by atoms with E-state index in [9.17, 15) is 26.0 Å². The van der Waals surface area contributed by atoms with Gasteiger partial charge in [-0.2, -0.15) is 0 Å². The summed E-state index contributed by atoms with van der Waals surface area (Å²) in [6.45, 7) is -0.167. The van der Waals surface area contributed by atoms with Crippen LogP contribution in [0.15, 0.2) is 62.7 Å². The average molecular weight is 471 g/mol. The van der Waals surface area contributed by atoms with Crippen LogP contribution in [0.5, 0.6) is 0 Å². The van der Waals surface area contributed by atoms with Gasteiger partial charge in [-0.15, -0.1) is 11.3 Å². The molecule has 2 aromatic carbocycles. The number of amides is 1. The Bertz CT molecular complexity index is 1320. The van der Waals surface area contributed by atoms with Gasteiger partial charge in [-0.05, 0) is 41.5 Å². The molecule has 0 atom stereocenters. The van der Waals surface area contributed by atoms with Crippen LogP contribution in [0.2, 0.25) is 0 Å². The van der Waals surface area contributed by atoms with E-state index >= 15 is 0 Å². The molecule has 0 radical (unpaired) electrons. The summed E-state index contributed by atoms with van der Waals surface area (Å²) in [6.07, 6.45) is 0.762. The van der Waals surface area contributed by atoms with Gasteiger partial charge in [-0.3, -0.25) is 0 Å². The number of hydrogen-bond donors (Lipinski definition) is 2. The summed E-state index contributed by atoms with van der Waals surface area (Å²) < 4.78 is 63.5. The van der Waals surface area contributed by atoms with Crippen LogP contribution in [-0.4, -0.2) is 39.3 Å². The number of carbonyl (C=O) groups is 1. The molecule has 3 aromatic rings. The molecule has 1 aromatic heterocycles. The van der Waals surface area contributed by atoms with Crippen LogP contribution in [0.4, 0.5) is 9.18 Å². The third-order valence-corrected chi connectivity index (χ3v) is 8.27. The second-order valence-corrected chi connectivity index (χ2v) is 11.5. The van der Waals surface area contributed by atoms with Crippen molar-refractivity contribution in [2.45, 2.75) is 20.5 Å². The predicted octanol–water partition coefficient (Wildman–Crippen LogP) is 2.95. The maximum absolute atomic E-state index is 13.2. The molecule has 8 nitrogen and oxygen atoms in total. The van der Waals surface area contributed by atoms with Crippen molar-refractivity contribution in [1.82, 2.24) is 10.3 Å². The molecule has 0 fully saturated rings. The van der Waals surface area contributed by atoms with E-state index in [-0.39, 0.29) is 31.1 Å². The Morgan fingerprint density at radius 3 is 2.30 bits per heavy atom. The largest absolute Gasteiger partial charge is 0.465 e. The number of benzene rings is 2. The molecule has 3 rings (SSSR count). The summed E-state index contributed by atoms with van der Waals surface area (Å²) >= 11 is 0.770. The van der Waals surface area contributed by atoms with Gasteiger partial charge in [0.15, 0.2) is 9.84 Å². The highest BCUT2D eigenvalue weighted by Gasteiger charge is 2.24. The summed E-state index contributed by atoms with van der Waals surface area (Å²) in [5, 5.41) is 11.0. The van der Waals surface area contributed by atoms with Gasteiger partial charge in [0.05, 0.1) is 22.5 Å². The van der Waals surface area contributed by atoms with Gasteiger partial charge in [0.25, 0.3) is 0 Å². The molecule has 2 N–H and O–H groups in total. The van der Waals surface area contributed by atoms with E-state index in [1.54, 1.807) is 0 Å². The zero-order valence-corrected chi connectivity index (χ0v) is 17.8. The first-order valence-electron chi connectivity index (χ1n) is 8.24. The van der Waals surface area contributed by atoms with Crippen molar-refractivity contribution in [3.8, 4) is 11.1 Å². The third-order valence-electron chi connectivity index (χ3n) is 3.98. The maximum Gasteiger partial charge on any atom is 0.405 e. The molecule has 12 heteroatoms. The molecule has 30 heavy (non-hydrogen) atoms. The van der Waals surface area contributed by atoms with Crippen LogP contribution in [0, 0.1) is 5.82 Å². The summed E-state index contributed by atoms with van der Waals surface area (Å²) in [5.41, 5.74) is 0.725. The first kappa shape index (κ1) is 21.9. The number of nitrogens with one attached hydrogen (secondary N) is 1. The number of halogens is 1. The lowest BCUT2D eigenvalue weighted by molar-refractivity contribution is 0.194. The Balaban J connectivity index is 2.11. The van der Waals surface area contributed by atoms with E-state index < -0.39 is 31.6 Å².